The van der Waals surface area contributed by atoms with Crippen molar-refractivity contribution in [2.24, 2.45) is 23.5 Å². The molecule has 4 atom stereocenters. The molecule has 1 aliphatic carbocycles. The van der Waals surface area contributed by atoms with Crippen molar-refractivity contribution < 1.29 is 0 Å². The summed E-state index contributed by atoms with van der Waals surface area (Å²) in [4.78, 5) is 2.77. The highest BCUT2D eigenvalue weighted by Crippen LogP contribution is 2.48. The highest BCUT2D eigenvalue weighted by atomic mass is 15.2. The molecule has 0 aromatic carbocycles. The summed E-state index contributed by atoms with van der Waals surface area (Å²) in [6, 6.07) is 1.40. The van der Waals surface area contributed by atoms with Crippen LogP contribution in [0.5, 0.6) is 0 Å². The van der Waals surface area contributed by atoms with Crippen LogP contribution in [-0.4, -0.2) is 30.1 Å². The number of rotatable bonds is 3. The molecule has 4 rings (SSSR count). The molecule has 3 heterocycles. The quantitative estimate of drug-likeness (QED) is 0.793. The van der Waals surface area contributed by atoms with E-state index in [1.54, 1.807) is 0 Å². The van der Waals surface area contributed by atoms with Gasteiger partial charge in [-0.25, -0.2) is 0 Å². The van der Waals surface area contributed by atoms with Crippen LogP contribution < -0.4 is 5.73 Å². The molecule has 0 aromatic heterocycles. The summed E-state index contributed by atoms with van der Waals surface area (Å²) in [5, 5.41) is 0. The Hall–Kier alpha value is -0.0800. The van der Waals surface area contributed by atoms with Crippen LogP contribution in [0.15, 0.2) is 0 Å². The lowest BCUT2D eigenvalue weighted by Crippen LogP contribution is -2.52. The Morgan fingerprint density at radius 1 is 1.25 bits per heavy atom. The average molecular weight is 222 g/mol. The Balaban J connectivity index is 1.67. The fourth-order valence-electron chi connectivity index (χ4n) is 4.61. The lowest BCUT2D eigenvalue weighted by atomic mass is 9.75. The average Bonchev–Trinajstić information content (AvgIpc) is 2.77. The zero-order valence-corrected chi connectivity index (χ0v) is 10.6. The number of nitrogens with two attached hydrogens (primary N) is 1. The standard InChI is InChI=1S/C14H26N2/c1-2-3-13(15)11-8-12-10-4-6-16(7-5-10)14(12)9-11/h10-14H,2-9,15H2,1H3. The van der Waals surface area contributed by atoms with Crippen LogP contribution in [0, 0.1) is 17.8 Å². The predicted octanol–water partition coefficient (Wildman–Crippen LogP) is 2.23. The van der Waals surface area contributed by atoms with Crippen molar-refractivity contribution in [2.75, 3.05) is 13.1 Å². The summed E-state index contributed by atoms with van der Waals surface area (Å²) < 4.78 is 0. The molecule has 3 aliphatic heterocycles. The second-order valence-corrected chi connectivity index (χ2v) is 6.29. The van der Waals surface area contributed by atoms with E-state index in [1.807, 2.05) is 0 Å². The van der Waals surface area contributed by atoms with Crippen molar-refractivity contribution in [3.63, 3.8) is 0 Å². The van der Waals surface area contributed by atoms with Crippen LogP contribution in [0.2, 0.25) is 0 Å². The zero-order valence-electron chi connectivity index (χ0n) is 10.6. The summed E-state index contributed by atoms with van der Waals surface area (Å²) in [6.45, 7) is 5.01. The molecular formula is C14H26N2. The third-order valence-electron chi connectivity index (χ3n) is 5.49. The summed E-state index contributed by atoms with van der Waals surface area (Å²) in [6.07, 6.45) is 8.26. The first-order valence-corrected chi connectivity index (χ1v) is 7.29. The molecule has 2 bridgehead atoms. The molecule has 4 aliphatic rings. The van der Waals surface area contributed by atoms with Crippen molar-refractivity contribution in [1.82, 2.24) is 4.90 Å². The Morgan fingerprint density at radius 2 is 2.00 bits per heavy atom. The monoisotopic (exact) mass is 222 g/mol. The number of nitrogens with zero attached hydrogens (tertiary/aromatic N) is 1. The molecule has 2 heteroatoms. The fourth-order valence-corrected chi connectivity index (χ4v) is 4.61. The molecule has 0 aromatic rings. The smallest absolute Gasteiger partial charge is 0.0129 e. The van der Waals surface area contributed by atoms with Gasteiger partial charge in [-0.15, -0.1) is 0 Å². The van der Waals surface area contributed by atoms with Gasteiger partial charge in [0.15, 0.2) is 0 Å². The Morgan fingerprint density at radius 3 is 2.62 bits per heavy atom. The third kappa shape index (κ3) is 1.70. The minimum Gasteiger partial charge on any atom is -0.327 e. The van der Waals surface area contributed by atoms with E-state index in [4.69, 9.17) is 5.73 Å². The maximum atomic E-state index is 6.34. The number of hydrogen-bond acceptors (Lipinski definition) is 2. The first-order chi connectivity index (χ1) is 7.79. The molecule has 2 nitrogen and oxygen atoms in total. The lowest BCUT2D eigenvalue weighted by Gasteiger charge is -2.48. The molecule has 2 N–H and O–H groups in total. The van der Waals surface area contributed by atoms with E-state index in [2.05, 4.69) is 11.8 Å². The first-order valence-electron chi connectivity index (χ1n) is 7.29. The molecule has 1 saturated carbocycles. The maximum absolute atomic E-state index is 6.34. The first kappa shape index (κ1) is 11.0. The minimum atomic E-state index is 0.483. The molecule has 16 heavy (non-hydrogen) atoms. The predicted molar refractivity (Wildman–Crippen MR) is 67.2 cm³/mol. The SMILES string of the molecule is CCCC(N)C1CC2C3CCN(CC3)C2C1. The summed E-state index contributed by atoms with van der Waals surface area (Å²) in [7, 11) is 0. The van der Waals surface area contributed by atoms with E-state index < -0.39 is 0 Å². The fraction of sp³-hybridized carbons (Fsp3) is 1.00. The summed E-state index contributed by atoms with van der Waals surface area (Å²) >= 11 is 0. The molecule has 0 spiro atoms. The van der Waals surface area contributed by atoms with Crippen LogP contribution in [-0.2, 0) is 0 Å². The van der Waals surface area contributed by atoms with Crippen LogP contribution in [0.25, 0.3) is 0 Å². The van der Waals surface area contributed by atoms with Gasteiger partial charge >= 0.3 is 0 Å². The number of piperidine rings is 3. The lowest BCUT2D eigenvalue weighted by molar-refractivity contribution is 0.00792. The molecular weight excluding hydrogens is 196 g/mol. The topological polar surface area (TPSA) is 29.3 Å². The maximum Gasteiger partial charge on any atom is 0.0129 e. The van der Waals surface area contributed by atoms with Crippen molar-refractivity contribution >= 4 is 0 Å². The molecule has 0 radical (unpaired) electrons. The van der Waals surface area contributed by atoms with Crippen LogP contribution in [0.1, 0.15) is 45.4 Å². The van der Waals surface area contributed by atoms with Crippen LogP contribution >= 0.6 is 0 Å². The second-order valence-electron chi connectivity index (χ2n) is 6.29. The minimum absolute atomic E-state index is 0.483. The van der Waals surface area contributed by atoms with Gasteiger partial charge in [0.05, 0.1) is 0 Å². The Kier molecular flexibility index (Phi) is 2.97. The van der Waals surface area contributed by atoms with Gasteiger partial charge in [-0.05, 0) is 62.9 Å². The van der Waals surface area contributed by atoms with E-state index >= 15 is 0 Å². The van der Waals surface area contributed by atoms with Crippen LogP contribution in [0.4, 0.5) is 0 Å². The van der Waals surface area contributed by atoms with E-state index in [1.165, 1.54) is 51.6 Å². The van der Waals surface area contributed by atoms with Gasteiger partial charge in [-0.1, -0.05) is 13.3 Å². The summed E-state index contributed by atoms with van der Waals surface area (Å²) in [5.74, 6) is 2.89. The second kappa shape index (κ2) is 4.30. The molecule has 3 saturated heterocycles. The van der Waals surface area contributed by atoms with Gasteiger partial charge < -0.3 is 10.6 Å². The van der Waals surface area contributed by atoms with Gasteiger partial charge in [0.2, 0.25) is 0 Å². The van der Waals surface area contributed by atoms with Gasteiger partial charge in [0.25, 0.3) is 0 Å². The molecule has 4 unspecified atom stereocenters. The normalized spacial score (nSPS) is 48.0. The summed E-state index contributed by atoms with van der Waals surface area (Å²) in [5.41, 5.74) is 6.34. The Bertz CT molecular complexity index is 225. The molecule has 0 amide bonds. The third-order valence-corrected chi connectivity index (χ3v) is 5.49. The van der Waals surface area contributed by atoms with Crippen molar-refractivity contribution in [2.45, 2.75) is 57.5 Å². The van der Waals surface area contributed by atoms with Gasteiger partial charge in [0, 0.05) is 12.1 Å². The van der Waals surface area contributed by atoms with Gasteiger partial charge in [0.1, 0.15) is 0 Å². The van der Waals surface area contributed by atoms with E-state index in [-0.39, 0.29) is 0 Å². The van der Waals surface area contributed by atoms with Crippen molar-refractivity contribution in [3.05, 3.63) is 0 Å². The van der Waals surface area contributed by atoms with E-state index in [0.717, 1.165) is 23.8 Å². The van der Waals surface area contributed by atoms with Crippen LogP contribution in [0.3, 0.4) is 0 Å². The number of fused-ring (bicyclic) bond motifs is 2. The van der Waals surface area contributed by atoms with Crippen molar-refractivity contribution in [1.29, 1.82) is 0 Å². The van der Waals surface area contributed by atoms with Gasteiger partial charge in [-0.3, -0.25) is 0 Å². The largest absolute Gasteiger partial charge is 0.327 e. The Labute approximate surface area is 99.6 Å². The molecule has 4 fully saturated rings. The highest BCUT2D eigenvalue weighted by Gasteiger charge is 2.48. The number of hydrogen-bond donors (Lipinski definition) is 1. The van der Waals surface area contributed by atoms with Crippen molar-refractivity contribution in [3.8, 4) is 0 Å². The van der Waals surface area contributed by atoms with E-state index in [9.17, 15) is 0 Å². The molecule has 92 valence electrons. The van der Waals surface area contributed by atoms with Gasteiger partial charge in [-0.2, -0.15) is 0 Å². The highest BCUT2D eigenvalue weighted by molar-refractivity contribution is 5.01. The van der Waals surface area contributed by atoms with E-state index in [0.29, 0.717) is 6.04 Å². The zero-order chi connectivity index (χ0) is 11.1.